The molecule has 26 heavy (non-hydrogen) atoms. The molecule has 1 fully saturated rings. The highest BCUT2D eigenvalue weighted by Gasteiger charge is 2.23. The summed E-state index contributed by atoms with van der Waals surface area (Å²) < 4.78 is 0. The maximum atomic E-state index is 12.1. The van der Waals surface area contributed by atoms with Crippen LogP contribution >= 0.6 is 0 Å². The quantitative estimate of drug-likeness (QED) is 0.804. The second-order valence-electron chi connectivity index (χ2n) is 7.15. The van der Waals surface area contributed by atoms with E-state index in [1.54, 1.807) is 0 Å². The fourth-order valence-corrected chi connectivity index (χ4v) is 2.93. The molecular formula is C22H26N2O2. The molecule has 2 N–H and O–H groups in total. The molecule has 0 spiro atoms. The first-order valence-electron chi connectivity index (χ1n) is 9.24. The molecule has 2 aromatic carbocycles. The van der Waals surface area contributed by atoms with Crippen molar-refractivity contribution in [3.05, 3.63) is 70.3 Å². The van der Waals surface area contributed by atoms with Crippen molar-refractivity contribution >= 4 is 11.8 Å². The highest BCUT2D eigenvalue weighted by atomic mass is 16.2. The molecule has 1 aliphatic carbocycles. The number of hydrogen-bond acceptors (Lipinski definition) is 2. The highest BCUT2D eigenvalue weighted by Crippen LogP contribution is 2.19. The number of amides is 2. The van der Waals surface area contributed by atoms with E-state index in [9.17, 15) is 9.59 Å². The SMILES string of the molecule is Cc1ccc(CCC(=O)NCc2ccc(C(=O)NC3CC3)cc2)c(C)c1. The van der Waals surface area contributed by atoms with Gasteiger partial charge in [-0.15, -0.1) is 0 Å². The summed E-state index contributed by atoms with van der Waals surface area (Å²) in [4.78, 5) is 24.1. The number of nitrogens with one attached hydrogen (secondary N) is 2. The van der Waals surface area contributed by atoms with Gasteiger partial charge in [-0.1, -0.05) is 35.9 Å². The van der Waals surface area contributed by atoms with Gasteiger partial charge < -0.3 is 10.6 Å². The third-order valence-corrected chi connectivity index (χ3v) is 4.74. The van der Waals surface area contributed by atoms with Gasteiger partial charge in [0.1, 0.15) is 0 Å². The molecule has 0 saturated heterocycles. The first-order chi connectivity index (χ1) is 12.5. The molecule has 0 radical (unpaired) electrons. The van der Waals surface area contributed by atoms with Crippen LogP contribution in [-0.4, -0.2) is 17.9 Å². The van der Waals surface area contributed by atoms with Crippen molar-refractivity contribution in [1.82, 2.24) is 10.6 Å². The van der Waals surface area contributed by atoms with Crippen LogP contribution in [0.4, 0.5) is 0 Å². The van der Waals surface area contributed by atoms with Crippen molar-refractivity contribution in [2.75, 3.05) is 0 Å². The molecule has 1 saturated carbocycles. The number of carbonyl (C=O) groups is 2. The van der Waals surface area contributed by atoms with Crippen LogP contribution < -0.4 is 10.6 Å². The largest absolute Gasteiger partial charge is 0.352 e. The Bertz CT molecular complexity index is 792. The van der Waals surface area contributed by atoms with Gasteiger partial charge in [0, 0.05) is 24.6 Å². The number of benzene rings is 2. The molecule has 3 rings (SSSR count). The van der Waals surface area contributed by atoms with Crippen LogP contribution in [0.15, 0.2) is 42.5 Å². The van der Waals surface area contributed by atoms with E-state index in [-0.39, 0.29) is 11.8 Å². The van der Waals surface area contributed by atoms with E-state index >= 15 is 0 Å². The minimum atomic E-state index is -0.0171. The smallest absolute Gasteiger partial charge is 0.251 e. The maximum Gasteiger partial charge on any atom is 0.251 e. The lowest BCUT2D eigenvalue weighted by atomic mass is 10.0. The van der Waals surface area contributed by atoms with Gasteiger partial charge in [-0.25, -0.2) is 0 Å². The van der Waals surface area contributed by atoms with E-state index in [0.29, 0.717) is 24.6 Å². The molecule has 0 atom stereocenters. The van der Waals surface area contributed by atoms with Crippen molar-refractivity contribution in [2.24, 2.45) is 0 Å². The standard InChI is InChI=1S/C22H26N2O2/c1-15-3-6-18(16(2)13-15)9-12-21(25)23-14-17-4-7-19(8-5-17)22(26)24-20-10-11-20/h3-8,13,20H,9-12,14H2,1-2H3,(H,23,25)(H,24,26). The first-order valence-corrected chi connectivity index (χ1v) is 9.24. The molecule has 4 heteroatoms. The third kappa shape index (κ3) is 5.19. The molecular weight excluding hydrogens is 324 g/mol. The number of rotatable bonds is 7. The van der Waals surface area contributed by atoms with Crippen LogP contribution in [0, 0.1) is 13.8 Å². The zero-order chi connectivity index (χ0) is 18.5. The summed E-state index contributed by atoms with van der Waals surface area (Å²) in [7, 11) is 0. The van der Waals surface area contributed by atoms with Crippen LogP contribution in [0.3, 0.4) is 0 Å². The second kappa shape index (κ2) is 8.17. The van der Waals surface area contributed by atoms with Gasteiger partial charge in [0.15, 0.2) is 0 Å². The normalized spacial score (nSPS) is 13.3. The Morgan fingerprint density at radius 3 is 2.42 bits per heavy atom. The van der Waals surface area contributed by atoms with E-state index in [4.69, 9.17) is 0 Å². The van der Waals surface area contributed by atoms with Crippen LogP contribution in [-0.2, 0) is 17.8 Å². The average molecular weight is 350 g/mol. The number of carbonyl (C=O) groups excluding carboxylic acids is 2. The summed E-state index contributed by atoms with van der Waals surface area (Å²) >= 11 is 0. The summed E-state index contributed by atoms with van der Waals surface area (Å²) in [5, 5.41) is 5.92. The van der Waals surface area contributed by atoms with Gasteiger partial charge in [-0.3, -0.25) is 9.59 Å². The second-order valence-corrected chi connectivity index (χ2v) is 7.15. The first kappa shape index (κ1) is 18.2. The predicted octanol–water partition coefficient (Wildman–Crippen LogP) is 3.44. The van der Waals surface area contributed by atoms with Crippen LogP contribution in [0.25, 0.3) is 0 Å². The highest BCUT2D eigenvalue weighted by molar-refractivity contribution is 5.94. The lowest BCUT2D eigenvalue weighted by Gasteiger charge is -2.09. The van der Waals surface area contributed by atoms with Gasteiger partial charge in [-0.05, 0) is 61.9 Å². The summed E-state index contributed by atoms with van der Waals surface area (Å²) in [6.07, 6.45) is 3.39. The van der Waals surface area contributed by atoms with E-state index in [1.807, 2.05) is 24.3 Å². The van der Waals surface area contributed by atoms with Crippen molar-refractivity contribution in [3.8, 4) is 0 Å². The molecule has 4 nitrogen and oxygen atoms in total. The minimum absolute atomic E-state index is 0.0171. The van der Waals surface area contributed by atoms with E-state index in [1.165, 1.54) is 16.7 Å². The molecule has 0 heterocycles. The van der Waals surface area contributed by atoms with Crippen molar-refractivity contribution < 1.29 is 9.59 Å². The molecule has 136 valence electrons. The molecule has 1 aliphatic rings. The van der Waals surface area contributed by atoms with Crippen LogP contribution in [0.2, 0.25) is 0 Å². The zero-order valence-electron chi connectivity index (χ0n) is 15.5. The average Bonchev–Trinajstić information content (AvgIpc) is 3.43. The summed E-state index contributed by atoms with van der Waals surface area (Å²) in [5.74, 6) is 0.0251. The van der Waals surface area contributed by atoms with Gasteiger partial charge in [-0.2, -0.15) is 0 Å². The van der Waals surface area contributed by atoms with E-state index in [2.05, 4.69) is 42.7 Å². The Balaban J connectivity index is 1.44. The van der Waals surface area contributed by atoms with Crippen LogP contribution in [0.1, 0.15) is 51.9 Å². The van der Waals surface area contributed by atoms with Gasteiger partial charge in [0.25, 0.3) is 5.91 Å². The Labute approximate surface area is 155 Å². The monoisotopic (exact) mass is 350 g/mol. The Morgan fingerprint density at radius 2 is 1.77 bits per heavy atom. The number of aryl methyl sites for hydroxylation is 3. The summed E-state index contributed by atoms with van der Waals surface area (Å²) in [6.45, 7) is 4.64. The maximum absolute atomic E-state index is 12.1. The van der Waals surface area contributed by atoms with E-state index < -0.39 is 0 Å². The summed E-state index contributed by atoms with van der Waals surface area (Å²) in [5.41, 5.74) is 5.36. The molecule has 2 aromatic rings. The van der Waals surface area contributed by atoms with Crippen molar-refractivity contribution in [2.45, 2.75) is 52.1 Å². The lowest BCUT2D eigenvalue weighted by Crippen LogP contribution is -2.25. The number of hydrogen-bond donors (Lipinski definition) is 2. The van der Waals surface area contributed by atoms with Gasteiger partial charge >= 0.3 is 0 Å². The van der Waals surface area contributed by atoms with Crippen molar-refractivity contribution in [3.63, 3.8) is 0 Å². The Hall–Kier alpha value is -2.62. The molecule has 0 bridgehead atoms. The van der Waals surface area contributed by atoms with Gasteiger partial charge in [0.05, 0.1) is 0 Å². The minimum Gasteiger partial charge on any atom is -0.352 e. The van der Waals surface area contributed by atoms with Crippen LogP contribution in [0.5, 0.6) is 0 Å². The Morgan fingerprint density at radius 1 is 1.04 bits per heavy atom. The predicted molar refractivity (Wildman–Crippen MR) is 103 cm³/mol. The summed E-state index contributed by atoms with van der Waals surface area (Å²) in [6, 6.07) is 14.1. The van der Waals surface area contributed by atoms with Crippen molar-refractivity contribution in [1.29, 1.82) is 0 Å². The van der Waals surface area contributed by atoms with Gasteiger partial charge in [0.2, 0.25) is 5.91 Å². The topological polar surface area (TPSA) is 58.2 Å². The molecule has 0 aromatic heterocycles. The third-order valence-electron chi connectivity index (χ3n) is 4.74. The zero-order valence-corrected chi connectivity index (χ0v) is 15.5. The molecule has 2 amide bonds. The molecule has 0 aliphatic heterocycles. The fourth-order valence-electron chi connectivity index (χ4n) is 2.93. The van der Waals surface area contributed by atoms with E-state index in [0.717, 1.165) is 24.8 Å². The Kier molecular flexibility index (Phi) is 5.71. The molecule has 0 unspecified atom stereocenters. The lowest BCUT2D eigenvalue weighted by molar-refractivity contribution is -0.121. The fraction of sp³-hybridized carbons (Fsp3) is 0.364.